The summed E-state index contributed by atoms with van der Waals surface area (Å²) in [5.74, 6) is 1.64. The van der Waals surface area contributed by atoms with Crippen molar-refractivity contribution in [1.29, 1.82) is 0 Å². The van der Waals surface area contributed by atoms with E-state index >= 15 is 0 Å². The molecule has 0 saturated carbocycles. The van der Waals surface area contributed by atoms with E-state index in [-0.39, 0.29) is 0 Å². The van der Waals surface area contributed by atoms with Gasteiger partial charge >= 0.3 is 0 Å². The van der Waals surface area contributed by atoms with E-state index in [2.05, 4.69) is 49.3 Å². The first kappa shape index (κ1) is 16.3. The quantitative estimate of drug-likeness (QED) is 0.753. The molecule has 0 bridgehead atoms. The third kappa shape index (κ3) is 4.46. The van der Waals surface area contributed by atoms with E-state index in [4.69, 9.17) is 9.47 Å². The van der Waals surface area contributed by atoms with Gasteiger partial charge in [-0.2, -0.15) is 0 Å². The average molecular weight is 415 g/mol. The lowest BCUT2D eigenvalue weighted by atomic mass is 10.2. The molecule has 0 spiro atoms. The number of ether oxygens (including phenoxy) is 2. The predicted molar refractivity (Wildman–Crippen MR) is 91.9 cm³/mol. The summed E-state index contributed by atoms with van der Waals surface area (Å²) in [7, 11) is 3.59. The molecule has 0 aliphatic carbocycles. The summed E-state index contributed by atoms with van der Waals surface area (Å²) >= 11 is 7.01. The third-order valence-electron chi connectivity index (χ3n) is 3.00. The summed E-state index contributed by atoms with van der Waals surface area (Å²) in [5.41, 5.74) is 2.20. The van der Waals surface area contributed by atoms with Crippen molar-refractivity contribution in [3.63, 3.8) is 0 Å². The zero-order valence-electron chi connectivity index (χ0n) is 12.0. The number of hydrogen-bond acceptors (Lipinski definition) is 3. The van der Waals surface area contributed by atoms with Gasteiger partial charge in [0.2, 0.25) is 0 Å². The molecule has 1 N–H and O–H groups in total. The van der Waals surface area contributed by atoms with Crippen molar-refractivity contribution < 1.29 is 9.47 Å². The van der Waals surface area contributed by atoms with Crippen LogP contribution in [0.25, 0.3) is 0 Å². The fraction of sp³-hybridized carbons (Fsp3) is 0.250. The van der Waals surface area contributed by atoms with Gasteiger partial charge in [-0.1, -0.05) is 22.0 Å². The van der Waals surface area contributed by atoms with Crippen LogP contribution in [0.2, 0.25) is 0 Å². The Morgan fingerprint density at radius 2 is 1.81 bits per heavy atom. The summed E-state index contributed by atoms with van der Waals surface area (Å²) in [5, 5.41) is 3.13. The van der Waals surface area contributed by atoms with E-state index in [1.165, 1.54) is 5.56 Å². The fourth-order valence-corrected chi connectivity index (χ4v) is 2.94. The molecule has 0 radical (unpaired) electrons. The van der Waals surface area contributed by atoms with Crippen LogP contribution in [0.15, 0.2) is 45.3 Å². The van der Waals surface area contributed by atoms with Crippen LogP contribution in [0.1, 0.15) is 11.1 Å². The molecule has 112 valence electrons. The Kier molecular flexibility index (Phi) is 6.08. The monoisotopic (exact) mass is 413 g/mol. The maximum Gasteiger partial charge on any atom is 0.134 e. The highest BCUT2D eigenvalue weighted by Crippen LogP contribution is 2.29. The topological polar surface area (TPSA) is 30.5 Å². The predicted octanol–water partition coefficient (Wildman–Crippen LogP) is 4.52. The number of methoxy groups -OCH3 is 1. The molecule has 3 nitrogen and oxygen atoms in total. The van der Waals surface area contributed by atoms with Gasteiger partial charge in [-0.05, 0) is 58.9 Å². The van der Waals surface area contributed by atoms with Crippen LogP contribution in [-0.2, 0) is 13.2 Å². The molecule has 2 aromatic carbocycles. The number of hydrogen-bond donors (Lipinski definition) is 1. The molecule has 0 fully saturated rings. The molecule has 2 rings (SSSR count). The molecule has 5 heteroatoms. The standard InChI is InChI=1S/C16H17Br2NO2/c1-19-9-11-3-5-16(14(18)7-11)21-10-12-8-13(17)4-6-15(12)20-2/h3-8,19H,9-10H2,1-2H3. The van der Waals surface area contributed by atoms with Gasteiger partial charge in [0.25, 0.3) is 0 Å². The Labute approximate surface area is 141 Å². The highest BCUT2D eigenvalue weighted by molar-refractivity contribution is 9.10. The lowest BCUT2D eigenvalue weighted by molar-refractivity contribution is 0.295. The number of rotatable bonds is 6. The summed E-state index contributed by atoms with van der Waals surface area (Å²) in [6.07, 6.45) is 0. The van der Waals surface area contributed by atoms with Gasteiger partial charge in [0.05, 0.1) is 11.6 Å². The molecule has 0 unspecified atom stereocenters. The van der Waals surface area contributed by atoms with Gasteiger partial charge in [-0.25, -0.2) is 0 Å². The Bertz CT molecular complexity index is 617. The van der Waals surface area contributed by atoms with Gasteiger partial charge in [0, 0.05) is 16.6 Å². The minimum atomic E-state index is 0.451. The van der Waals surface area contributed by atoms with Crippen molar-refractivity contribution in [2.45, 2.75) is 13.2 Å². The number of halogens is 2. The van der Waals surface area contributed by atoms with E-state index in [9.17, 15) is 0 Å². The zero-order valence-corrected chi connectivity index (χ0v) is 15.1. The maximum atomic E-state index is 5.89. The highest BCUT2D eigenvalue weighted by Gasteiger charge is 2.07. The summed E-state index contributed by atoms with van der Waals surface area (Å²) in [4.78, 5) is 0. The van der Waals surface area contributed by atoms with Crippen LogP contribution in [0, 0.1) is 0 Å². The summed E-state index contributed by atoms with van der Waals surface area (Å²) < 4.78 is 13.2. The number of benzene rings is 2. The van der Waals surface area contributed by atoms with E-state index < -0.39 is 0 Å². The summed E-state index contributed by atoms with van der Waals surface area (Å²) in [6.45, 7) is 1.28. The van der Waals surface area contributed by atoms with Crippen LogP contribution in [0.4, 0.5) is 0 Å². The second kappa shape index (κ2) is 7.82. The minimum absolute atomic E-state index is 0.451. The summed E-state index contributed by atoms with van der Waals surface area (Å²) in [6, 6.07) is 12.0. The molecule has 21 heavy (non-hydrogen) atoms. The lowest BCUT2D eigenvalue weighted by Gasteiger charge is -2.12. The van der Waals surface area contributed by atoms with Gasteiger partial charge in [0.15, 0.2) is 0 Å². The molecule has 0 aromatic heterocycles. The molecule has 0 atom stereocenters. The third-order valence-corrected chi connectivity index (χ3v) is 4.12. The Morgan fingerprint density at radius 1 is 1.05 bits per heavy atom. The fourth-order valence-electron chi connectivity index (χ4n) is 1.99. The smallest absolute Gasteiger partial charge is 0.134 e. The first-order valence-corrected chi connectivity index (χ1v) is 8.11. The lowest BCUT2D eigenvalue weighted by Crippen LogP contribution is -2.05. The van der Waals surface area contributed by atoms with E-state index in [0.717, 1.165) is 32.6 Å². The van der Waals surface area contributed by atoms with E-state index in [0.29, 0.717) is 6.61 Å². The van der Waals surface area contributed by atoms with Crippen molar-refractivity contribution in [1.82, 2.24) is 5.32 Å². The van der Waals surface area contributed by atoms with E-state index in [1.807, 2.05) is 31.3 Å². The van der Waals surface area contributed by atoms with Crippen LogP contribution in [0.5, 0.6) is 11.5 Å². The molecular weight excluding hydrogens is 398 g/mol. The molecule has 0 aliphatic rings. The van der Waals surface area contributed by atoms with Crippen LogP contribution in [0.3, 0.4) is 0 Å². The maximum absolute atomic E-state index is 5.89. The average Bonchev–Trinajstić information content (AvgIpc) is 2.47. The van der Waals surface area contributed by atoms with Crippen molar-refractivity contribution in [2.75, 3.05) is 14.2 Å². The van der Waals surface area contributed by atoms with Gasteiger partial charge in [-0.15, -0.1) is 0 Å². The first-order chi connectivity index (χ1) is 10.1. The molecule has 2 aromatic rings. The second-order valence-corrected chi connectivity index (χ2v) is 6.31. The van der Waals surface area contributed by atoms with Crippen LogP contribution < -0.4 is 14.8 Å². The molecule has 0 aliphatic heterocycles. The van der Waals surface area contributed by atoms with Crippen molar-refractivity contribution in [2.24, 2.45) is 0 Å². The van der Waals surface area contributed by atoms with Crippen molar-refractivity contribution >= 4 is 31.9 Å². The Morgan fingerprint density at radius 3 is 2.48 bits per heavy atom. The molecular formula is C16H17Br2NO2. The zero-order chi connectivity index (χ0) is 15.2. The normalized spacial score (nSPS) is 10.5. The van der Waals surface area contributed by atoms with Crippen molar-refractivity contribution in [3.05, 3.63) is 56.5 Å². The van der Waals surface area contributed by atoms with E-state index in [1.54, 1.807) is 7.11 Å². The Balaban J connectivity index is 2.11. The Hall–Kier alpha value is -1.04. The second-order valence-electron chi connectivity index (χ2n) is 4.54. The van der Waals surface area contributed by atoms with Crippen LogP contribution in [-0.4, -0.2) is 14.2 Å². The van der Waals surface area contributed by atoms with Crippen LogP contribution >= 0.6 is 31.9 Å². The first-order valence-electron chi connectivity index (χ1n) is 6.52. The van der Waals surface area contributed by atoms with Gasteiger partial charge in [-0.3, -0.25) is 0 Å². The minimum Gasteiger partial charge on any atom is -0.496 e. The molecule has 0 heterocycles. The van der Waals surface area contributed by atoms with Gasteiger partial charge in [0.1, 0.15) is 18.1 Å². The molecule has 0 saturated heterocycles. The van der Waals surface area contributed by atoms with Crippen molar-refractivity contribution in [3.8, 4) is 11.5 Å². The SMILES string of the molecule is CNCc1ccc(OCc2cc(Br)ccc2OC)c(Br)c1. The van der Waals surface area contributed by atoms with Gasteiger partial charge < -0.3 is 14.8 Å². The molecule has 0 amide bonds. The highest BCUT2D eigenvalue weighted by atomic mass is 79.9. The largest absolute Gasteiger partial charge is 0.496 e. The number of nitrogens with one attached hydrogen (secondary N) is 1.